The van der Waals surface area contributed by atoms with Crippen LogP contribution in [-0.2, 0) is 13.0 Å². The first-order valence-corrected chi connectivity index (χ1v) is 6.75. The van der Waals surface area contributed by atoms with Crippen LogP contribution in [-0.4, -0.2) is 22.1 Å². The molecule has 2 heterocycles. The van der Waals surface area contributed by atoms with Gasteiger partial charge in [0.1, 0.15) is 0 Å². The topological polar surface area (TPSA) is 49.8 Å². The first-order chi connectivity index (χ1) is 8.81. The molecule has 1 aliphatic heterocycles. The number of aromatic amines is 1. The predicted octanol–water partition coefficient (Wildman–Crippen LogP) is 1.25. The van der Waals surface area contributed by atoms with E-state index in [0.717, 1.165) is 36.5 Å². The Balaban J connectivity index is 1.68. The lowest BCUT2D eigenvalue weighted by molar-refractivity contribution is 0.424. The molecule has 4 rings (SSSR count). The molecule has 1 aromatic heterocycles. The highest BCUT2D eigenvalue weighted by Crippen LogP contribution is 2.28. The average molecular weight is 243 g/mol. The number of imidazole rings is 1. The molecule has 0 spiro atoms. The van der Waals surface area contributed by atoms with Crippen molar-refractivity contribution in [2.45, 2.75) is 31.8 Å². The highest BCUT2D eigenvalue weighted by Gasteiger charge is 2.26. The van der Waals surface area contributed by atoms with Crippen LogP contribution in [0.4, 0.5) is 0 Å². The molecule has 4 heteroatoms. The highest BCUT2D eigenvalue weighted by molar-refractivity contribution is 5.79. The van der Waals surface area contributed by atoms with Gasteiger partial charge >= 0.3 is 5.69 Å². The lowest BCUT2D eigenvalue weighted by Crippen LogP contribution is -2.41. The Hall–Kier alpha value is -1.55. The van der Waals surface area contributed by atoms with Gasteiger partial charge in [0.05, 0.1) is 11.0 Å². The number of rotatable bonds is 3. The van der Waals surface area contributed by atoms with E-state index in [4.69, 9.17) is 0 Å². The Morgan fingerprint density at radius 1 is 1.39 bits per heavy atom. The number of nitrogens with zero attached hydrogens (tertiary/aromatic N) is 1. The summed E-state index contributed by atoms with van der Waals surface area (Å²) < 4.78 is 1.89. The minimum atomic E-state index is 0.0235. The summed E-state index contributed by atoms with van der Waals surface area (Å²) in [6.45, 7) is 1.90. The number of hydrogen-bond donors (Lipinski definition) is 2. The van der Waals surface area contributed by atoms with Gasteiger partial charge in [-0.2, -0.15) is 0 Å². The molecule has 1 atom stereocenters. The lowest BCUT2D eigenvalue weighted by atomic mass is 10.0. The highest BCUT2D eigenvalue weighted by atomic mass is 16.1. The molecule has 4 nitrogen and oxygen atoms in total. The standard InChI is InChI=1S/C14H17N3O/c18-14-16-12-3-1-2-10-6-11(8-17(14)13(10)12)15-7-9-4-5-9/h1-3,9,11,15H,4-8H2,(H,16,18). The molecule has 18 heavy (non-hydrogen) atoms. The smallest absolute Gasteiger partial charge is 0.312 e. The summed E-state index contributed by atoms with van der Waals surface area (Å²) in [6, 6.07) is 6.55. The van der Waals surface area contributed by atoms with Gasteiger partial charge in [-0.15, -0.1) is 0 Å². The van der Waals surface area contributed by atoms with E-state index in [1.54, 1.807) is 0 Å². The second-order valence-corrected chi connectivity index (χ2v) is 5.61. The van der Waals surface area contributed by atoms with Crippen molar-refractivity contribution in [3.05, 3.63) is 34.2 Å². The number of benzene rings is 1. The van der Waals surface area contributed by atoms with Crippen LogP contribution in [0.3, 0.4) is 0 Å². The third-order valence-corrected chi connectivity index (χ3v) is 4.14. The van der Waals surface area contributed by atoms with E-state index < -0.39 is 0 Å². The van der Waals surface area contributed by atoms with Crippen LogP contribution >= 0.6 is 0 Å². The van der Waals surface area contributed by atoms with Crippen LogP contribution in [0.1, 0.15) is 18.4 Å². The molecular formula is C14H17N3O. The Bertz CT molecular complexity index is 651. The summed E-state index contributed by atoms with van der Waals surface area (Å²) in [6.07, 6.45) is 3.76. The van der Waals surface area contributed by atoms with E-state index >= 15 is 0 Å². The molecule has 94 valence electrons. The minimum Gasteiger partial charge on any atom is -0.312 e. The number of hydrogen-bond acceptors (Lipinski definition) is 2. The maximum atomic E-state index is 11.9. The molecule has 0 saturated heterocycles. The molecule has 1 aromatic carbocycles. The van der Waals surface area contributed by atoms with E-state index in [1.807, 2.05) is 16.7 Å². The Morgan fingerprint density at radius 2 is 2.28 bits per heavy atom. The third-order valence-electron chi connectivity index (χ3n) is 4.14. The van der Waals surface area contributed by atoms with E-state index in [9.17, 15) is 4.79 Å². The minimum absolute atomic E-state index is 0.0235. The van der Waals surface area contributed by atoms with Crippen molar-refractivity contribution in [1.82, 2.24) is 14.9 Å². The fraction of sp³-hybridized carbons (Fsp3) is 0.500. The molecule has 2 aromatic rings. The van der Waals surface area contributed by atoms with Crippen LogP contribution in [0.2, 0.25) is 0 Å². The molecule has 2 N–H and O–H groups in total. The van der Waals surface area contributed by atoms with Gasteiger partial charge in [0.2, 0.25) is 0 Å². The first kappa shape index (κ1) is 10.4. The molecule has 2 aliphatic rings. The maximum absolute atomic E-state index is 11.9. The third kappa shape index (κ3) is 1.60. The predicted molar refractivity (Wildman–Crippen MR) is 70.8 cm³/mol. The van der Waals surface area contributed by atoms with Crippen LogP contribution in [0, 0.1) is 5.92 Å². The van der Waals surface area contributed by atoms with Gasteiger partial charge in [0.15, 0.2) is 0 Å². The molecule has 1 aliphatic carbocycles. The average Bonchev–Trinajstić information content (AvgIpc) is 3.14. The molecule has 1 saturated carbocycles. The molecule has 1 unspecified atom stereocenters. The van der Waals surface area contributed by atoms with E-state index in [0.29, 0.717) is 6.04 Å². The van der Waals surface area contributed by atoms with E-state index in [1.165, 1.54) is 18.4 Å². The van der Waals surface area contributed by atoms with Crippen LogP contribution in [0.25, 0.3) is 11.0 Å². The van der Waals surface area contributed by atoms with Crippen LogP contribution < -0.4 is 11.0 Å². The number of H-pyrrole nitrogens is 1. The number of aromatic nitrogens is 2. The van der Waals surface area contributed by atoms with Gasteiger partial charge in [0, 0.05) is 12.6 Å². The van der Waals surface area contributed by atoms with Crippen molar-refractivity contribution in [3.63, 3.8) is 0 Å². The van der Waals surface area contributed by atoms with Crippen LogP contribution in [0.15, 0.2) is 23.0 Å². The largest absolute Gasteiger partial charge is 0.326 e. The Labute approximate surface area is 105 Å². The van der Waals surface area contributed by atoms with Crippen molar-refractivity contribution >= 4 is 11.0 Å². The van der Waals surface area contributed by atoms with Gasteiger partial charge in [-0.25, -0.2) is 4.79 Å². The van der Waals surface area contributed by atoms with Crippen LogP contribution in [0.5, 0.6) is 0 Å². The zero-order valence-electron chi connectivity index (χ0n) is 10.3. The van der Waals surface area contributed by atoms with Crippen molar-refractivity contribution in [1.29, 1.82) is 0 Å². The SMILES string of the molecule is O=c1[nH]c2cccc3c2n1CC(NCC1CC1)C3. The normalized spacial score (nSPS) is 22.6. The van der Waals surface area contributed by atoms with Crippen molar-refractivity contribution < 1.29 is 0 Å². The van der Waals surface area contributed by atoms with Gasteiger partial charge in [-0.3, -0.25) is 4.57 Å². The number of para-hydroxylation sites is 1. The summed E-state index contributed by atoms with van der Waals surface area (Å²) in [5.74, 6) is 0.880. The monoisotopic (exact) mass is 243 g/mol. The Kier molecular flexibility index (Phi) is 2.14. The maximum Gasteiger partial charge on any atom is 0.326 e. The summed E-state index contributed by atoms with van der Waals surface area (Å²) in [5.41, 5.74) is 3.38. The molecule has 1 fully saturated rings. The van der Waals surface area contributed by atoms with E-state index in [-0.39, 0.29) is 5.69 Å². The summed E-state index contributed by atoms with van der Waals surface area (Å²) in [4.78, 5) is 14.9. The second-order valence-electron chi connectivity index (χ2n) is 5.61. The van der Waals surface area contributed by atoms with Crippen molar-refractivity contribution in [2.24, 2.45) is 5.92 Å². The quantitative estimate of drug-likeness (QED) is 0.852. The van der Waals surface area contributed by atoms with Gasteiger partial charge in [0.25, 0.3) is 0 Å². The van der Waals surface area contributed by atoms with Crippen molar-refractivity contribution in [3.8, 4) is 0 Å². The fourth-order valence-corrected chi connectivity index (χ4v) is 2.98. The molecular weight excluding hydrogens is 226 g/mol. The summed E-state index contributed by atoms with van der Waals surface area (Å²) in [7, 11) is 0. The van der Waals surface area contributed by atoms with Gasteiger partial charge in [-0.1, -0.05) is 12.1 Å². The number of nitrogens with one attached hydrogen (secondary N) is 2. The fourth-order valence-electron chi connectivity index (χ4n) is 2.98. The zero-order valence-corrected chi connectivity index (χ0v) is 10.3. The van der Waals surface area contributed by atoms with Gasteiger partial charge in [-0.05, 0) is 43.4 Å². The Morgan fingerprint density at radius 3 is 3.11 bits per heavy atom. The van der Waals surface area contributed by atoms with Gasteiger partial charge < -0.3 is 10.3 Å². The molecule has 0 amide bonds. The first-order valence-electron chi connectivity index (χ1n) is 6.75. The molecule has 0 radical (unpaired) electrons. The van der Waals surface area contributed by atoms with Crippen molar-refractivity contribution in [2.75, 3.05) is 6.54 Å². The van der Waals surface area contributed by atoms with E-state index in [2.05, 4.69) is 16.4 Å². The summed E-state index contributed by atoms with van der Waals surface area (Å²) >= 11 is 0. The lowest BCUT2D eigenvalue weighted by Gasteiger charge is -2.24. The second kappa shape index (κ2) is 3.72. The zero-order chi connectivity index (χ0) is 12.1. The summed E-state index contributed by atoms with van der Waals surface area (Å²) in [5, 5.41) is 3.61. The molecule has 0 bridgehead atoms.